The number of methoxy groups -OCH3 is 1. The van der Waals surface area contributed by atoms with Gasteiger partial charge in [-0.1, -0.05) is 38.1 Å². The maximum atomic E-state index is 5.16. The number of nitrogens with one attached hydrogen (secondary N) is 2. The van der Waals surface area contributed by atoms with Crippen LogP contribution in [0.2, 0.25) is 0 Å². The molecule has 0 aliphatic carbocycles. The number of aliphatic imine (C=N–C) groups is 1. The van der Waals surface area contributed by atoms with Gasteiger partial charge in [0.2, 0.25) is 0 Å². The van der Waals surface area contributed by atoms with Gasteiger partial charge >= 0.3 is 0 Å². The molecule has 0 fully saturated rings. The van der Waals surface area contributed by atoms with Gasteiger partial charge in [-0.15, -0.1) is 0 Å². The molecule has 0 amide bonds. The van der Waals surface area contributed by atoms with Crippen LogP contribution in [-0.2, 0) is 24.2 Å². The van der Waals surface area contributed by atoms with Gasteiger partial charge in [0.05, 0.1) is 18.8 Å². The van der Waals surface area contributed by atoms with E-state index in [-0.39, 0.29) is 0 Å². The summed E-state index contributed by atoms with van der Waals surface area (Å²) in [5.74, 6) is 1.41. The molecule has 0 atom stereocenters. The predicted molar refractivity (Wildman–Crippen MR) is 121 cm³/mol. The molecular weight excluding hydrogens is 362 g/mol. The summed E-state index contributed by atoms with van der Waals surface area (Å²) in [6.45, 7) is 11.6. The zero-order valence-corrected chi connectivity index (χ0v) is 18.9. The Kier molecular flexibility index (Phi) is 9.19. The SMILES string of the molecule is CN=C(NCCCc1ccc(C(C)C)cc1)NCc1c(C)nn(CCOC)c1C. The average molecular weight is 400 g/mol. The third-order valence-electron chi connectivity index (χ3n) is 5.28. The fourth-order valence-corrected chi connectivity index (χ4v) is 3.35. The Balaban J connectivity index is 1.77. The number of aryl methyl sites for hydroxylation is 2. The molecule has 2 aromatic rings. The van der Waals surface area contributed by atoms with E-state index >= 15 is 0 Å². The van der Waals surface area contributed by atoms with Crippen molar-refractivity contribution in [2.75, 3.05) is 27.3 Å². The molecule has 0 bridgehead atoms. The van der Waals surface area contributed by atoms with E-state index in [1.165, 1.54) is 22.4 Å². The predicted octanol–water partition coefficient (Wildman–Crippen LogP) is 3.57. The van der Waals surface area contributed by atoms with E-state index in [2.05, 4.69) is 65.8 Å². The molecule has 160 valence electrons. The van der Waals surface area contributed by atoms with E-state index in [1.54, 1.807) is 7.11 Å². The molecule has 0 radical (unpaired) electrons. The van der Waals surface area contributed by atoms with Crippen molar-refractivity contribution in [1.82, 2.24) is 20.4 Å². The lowest BCUT2D eigenvalue weighted by molar-refractivity contribution is 0.182. The van der Waals surface area contributed by atoms with E-state index in [0.29, 0.717) is 19.1 Å². The van der Waals surface area contributed by atoms with Crippen LogP contribution >= 0.6 is 0 Å². The summed E-state index contributed by atoms with van der Waals surface area (Å²) in [5, 5.41) is 11.4. The van der Waals surface area contributed by atoms with Gasteiger partial charge in [0.25, 0.3) is 0 Å². The molecule has 0 spiro atoms. The van der Waals surface area contributed by atoms with Crippen LogP contribution in [0.5, 0.6) is 0 Å². The summed E-state index contributed by atoms with van der Waals surface area (Å²) >= 11 is 0. The van der Waals surface area contributed by atoms with Crippen LogP contribution in [0.25, 0.3) is 0 Å². The molecule has 0 aliphatic rings. The first kappa shape index (κ1) is 22.9. The fraction of sp³-hybridized carbons (Fsp3) is 0.565. The summed E-state index contributed by atoms with van der Waals surface area (Å²) in [5.41, 5.74) is 6.22. The van der Waals surface area contributed by atoms with Gasteiger partial charge < -0.3 is 15.4 Å². The van der Waals surface area contributed by atoms with Crippen molar-refractivity contribution in [3.8, 4) is 0 Å². The van der Waals surface area contributed by atoms with E-state index < -0.39 is 0 Å². The first-order valence-electron chi connectivity index (χ1n) is 10.5. The Labute approximate surface area is 175 Å². The molecule has 1 heterocycles. The molecule has 29 heavy (non-hydrogen) atoms. The smallest absolute Gasteiger partial charge is 0.191 e. The zero-order chi connectivity index (χ0) is 21.2. The number of nitrogens with zero attached hydrogens (tertiary/aromatic N) is 3. The molecule has 1 aromatic heterocycles. The molecule has 1 aromatic carbocycles. The van der Waals surface area contributed by atoms with Crippen LogP contribution < -0.4 is 10.6 Å². The highest BCUT2D eigenvalue weighted by Crippen LogP contribution is 2.15. The summed E-state index contributed by atoms with van der Waals surface area (Å²) in [6, 6.07) is 8.97. The van der Waals surface area contributed by atoms with Gasteiger partial charge in [-0.05, 0) is 43.7 Å². The van der Waals surface area contributed by atoms with Crippen molar-refractivity contribution in [2.45, 2.75) is 59.5 Å². The van der Waals surface area contributed by atoms with Crippen LogP contribution in [-0.4, -0.2) is 43.0 Å². The molecule has 2 N–H and O–H groups in total. The standard InChI is InChI=1S/C23H37N5O/c1-17(2)21-11-9-20(10-12-21)8-7-13-25-23(24-5)26-16-22-18(3)27-28(19(22)4)14-15-29-6/h9-12,17H,7-8,13-16H2,1-6H3,(H2,24,25,26). The Morgan fingerprint density at radius 1 is 1.17 bits per heavy atom. The molecule has 0 saturated carbocycles. The highest BCUT2D eigenvalue weighted by atomic mass is 16.5. The van der Waals surface area contributed by atoms with Crippen molar-refractivity contribution < 1.29 is 4.74 Å². The summed E-state index contributed by atoms with van der Waals surface area (Å²) in [4.78, 5) is 4.34. The van der Waals surface area contributed by atoms with Crippen molar-refractivity contribution in [1.29, 1.82) is 0 Å². The number of aromatic nitrogens is 2. The Bertz CT molecular complexity index is 777. The Hall–Kier alpha value is -2.34. The highest BCUT2D eigenvalue weighted by molar-refractivity contribution is 5.79. The first-order chi connectivity index (χ1) is 14.0. The van der Waals surface area contributed by atoms with Crippen molar-refractivity contribution >= 4 is 5.96 Å². The second-order valence-electron chi connectivity index (χ2n) is 7.72. The monoisotopic (exact) mass is 399 g/mol. The van der Waals surface area contributed by atoms with Crippen LogP contribution in [0.1, 0.15) is 54.3 Å². The van der Waals surface area contributed by atoms with E-state index in [1.807, 2.05) is 18.7 Å². The quantitative estimate of drug-likeness (QED) is 0.364. The normalized spacial score (nSPS) is 11.9. The summed E-state index contributed by atoms with van der Waals surface area (Å²) in [7, 11) is 3.52. The minimum absolute atomic E-state index is 0.583. The van der Waals surface area contributed by atoms with E-state index in [4.69, 9.17) is 4.74 Å². The highest BCUT2D eigenvalue weighted by Gasteiger charge is 2.11. The number of hydrogen-bond donors (Lipinski definition) is 2. The van der Waals surface area contributed by atoms with E-state index in [9.17, 15) is 0 Å². The Morgan fingerprint density at radius 2 is 1.90 bits per heavy atom. The second-order valence-corrected chi connectivity index (χ2v) is 7.72. The van der Waals surface area contributed by atoms with Gasteiger partial charge in [-0.3, -0.25) is 9.67 Å². The van der Waals surface area contributed by atoms with E-state index in [0.717, 1.165) is 37.6 Å². The molecule has 2 rings (SSSR count). The van der Waals surface area contributed by atoms with Crippen LogP contribution in [0.15, 0.2) is 29.3 Å². The lowest BCUT2D eigenvalue weighted by Gasteiger charge is -2.12. The van der Waals surface area contributed by atoms with Gasteiger partial charge in [-0.25, -0.2) is 0 Å². The lowest BCUT2D eigenvalue weighted by Crippen LogP contribution is -2.37. The average Bonchev–Trinajstić information content (AvgIpc) is 2.99. The summed E-state index contributed by atoms with van der Waals surface area (Å²) < 4.78 is 7.17. The van der Waals surface area contributed by atoms with Gasteiger partial charge in [-0.2, -0.15) is 5.10 Å². The molecule has 0 unspecified atom stereocenters. The van der Waals surface area contributed by atoms with Crippen molar-refractivity contribution in [3.63, 3.8) is 0 Å². The van der Waals surface area contributed by atoms with Gasteiger partial charge in [0, 0.05) is 38.5 Å². The second kappa shape index (κ2) is 11.6. The first-order valence-corrected chi connectivity index (χ1v) is 10.5. The zero-order valence-electron chi connectivity index (χ0n) is 18.9. The topological polar surface area (TPSA) is 63.5 Å². The van der Waals surface area contributed by atoms with Crippen LogP contribution in [0.3, 0.4) is 0 Å². The van der Waals surface area contributed by atoms with Gasteiger partial charge in [0.1, 0.15) is 0 Å². The molecule has 0 saturated heterocycles. The number of hydrogen-bond acceptors (Lipinski definition) is 3. The van der Waals surface area contributed by atoms with Crippen molar-refractivity contribution in [2.24, 2.45) is 4.99 Å². The fourth-order valence-electron chi connectivity index (χ4n) is 3.35. The summed E-state index contributed by atoms with van der Waals surface area (Å²) in [6.07, 6.45) is 2.13. The number of rotatable bonds is 10. The maximum absolute atomic E-state index is 5.16. The minimum atomic E-state index is 0.583. The largest absolute Gasteiger partial charge is 0.383 e. The molecular formula is C23H37N5O. The lowest BCUT2D eigenvalue weighted by atomic mass is 10.0. The van der Waals surface area contributed by atoms with Crippen LogP contribution in [0, 0.1) is 13.8 Å². The van der Waals surface area contributed by atoms with Crippen molar-refractivity contribution in [3.05, 3.63) is 52.3 Å². The minimum Gasteiger partial charge on any atom is -0.383 e. The third-order valence-corrected chi connectivity index (χ3v) is 5.28. The van der Waals surface area contributed by atoms with Gasteiger partial charge in [0.15, 0.2) is 5.96 Å². The maximum Gasteiger partial charge on any atom is 0.191 e. The molecule has 6 nitrogen and oxygen atoms in total. The molecule has 6 heteroatoms. The van der Waals surface area contributed by atoms with Crippen LogP contribution in [0.4, 0.5) is 0 Å². The number of benzene rings is 1. The third kappa shape index (κ3) is 6.89. The Morgan fingerprint density at radius 3 is 2.52 bits per heavy atom. The number of guanidine groups is 1. The molecule has 0 aliphatic heterocycles. The number of ether oxygens (including phenoxy) is 1.